The van der Waals surface area contributed by atoms with Gasteiger partial charge in [-0.1, -0.05) is 30.3 Å². The van der Waals surface area contributed by atoms with E-state index in [0.717, 1.165) is 14.9 Å². The van der Waals surface area contributed by atoms with E-state index in [9.17, 15) is 4.79 Å². The van der Waals surface area contributed by atoms with Gasteiger partial charge >= 0.3 is 0 Å². The van der Waals surface area contributed by atoms with Gasteiger partial charge in [0.25, 0.3) is 0 Å². The number of halogens is 1. The first-order valence-corrected chi connectivity index (χ1v) is 7.14. The third kappa shape index (κ3) is 3.41. The molecule has 1 amide bonds. The van der Waals surface area contributed by atoms with E-state index < -0.39 is 6.04 Å². The summed E-state index contributed by atoms with van der Waals surface area (Å²) in [4.78, 5) is 11.5. The SMILES string of the molecule is NC(=O)C(NCc1csc(Br)c1)c1ccccc1. The molecule has 94 valence electrons. The van der Waals surface area contributed by atoms with E-state index in [4.69, 9.17) is 5.73 Å². The smallest absolute Gasteiger partial charge is 0.239 e. The van der Waals surface area contributed by atoms with Crippen molar-refractivity contribution in [1.29, 1.82) is 0 Å². The van der Waals surface area contributed by atoms with Crippen LogP contribution in [-0.2, 0) is 11.3 Å². The molecule has 0 radical (unpaired) electrons. The number of rotatable bonds is 5. The Morgan fingerprint density at radius 2 is 2.11 bits per heavy atom. The van der Waals surface area contributed by atoms with Crippen LogP contribution in [0.15, 0.2) is 45.6 Å². The van der Waals surface area contributed by atoms with Gasteiger partial charge in [-0.25, -0.2) is 0 Å². The minimum Gasteiger partial charge on any atom is -0.368 e. The van der Waals surface area contributed by atoms with Crippen molar-refractivity contribution in [2.75, 3.05) is 0 Å². The Morgan fingerprint density at radius 3 is 2.67 bits per heavy atom. The summed E-state index contributed by atoms with van der Waals surface area (Å²) in [6.45, 7) is 0.616. The van der Waals surface area contributed by atoms with E-state index in [1.807, 2.05) is 41.8 Å². The third-order valence-corrected chi connectivity index (χ3v) is 4.10. The zero-order valence-electron chi connectivity index (χ0n) is 9.60. The molecule has 0 fully saturated rings. The average Bonchev–Trinajstić information content (AvgIpc) is 2.76. The predicted molar refractivity (Wildman–Crippen MR) is 77.2 cm³/mol. The van der Waals surface area contributed by atoms with Gasteiger partial charge in [0.05, 0.1) is 3.79 Å². The minimum atomic E-state index is -0.454. The summed E-state index contributed by atoms with van der Waals surface area (Å²) in [5, 5.41) is 5.22. The molecule has 3 N–H and O–H groups in total. The molecule has 1 heterocycles. The van der Waals surface area contributed by atoms with E-state index in [1.165, 1.54) is 0 Å². The predicted octanol–water partition coefficient (Wildman–Crippen LogP) is 2.83. The lowest BCUT2D eigenvalue weighted by atomic mass is 10.1. The van der Waals surface area contributed by atoms with Gasteiger partial charge in [-0.05, 0) is 38.5 Å². The highest BCUT2D eigenvalue weighted by atomic mass is 79.9. The van der Waals surface area contributed by atoms with Gasteiger partial charge in [-0.2, -0.15) is 0 Å². The first-order valence-electron chi connectivity index (χ1n) is 5.47. The molecule has 0 aliphatic rings. The number of primary amides is 1. The fourth-order valence-corrected chi connectivity index (χ4v) is 2.90. The zero-order valence-corrected chi connectivity index (χ0v) is 12.0. The second-order valence-corrected chi connectivity index (χ2v) is 6.18. The second kappa shape index (κ2) is 6.13. The monoisotopic (exact) mass is 324 g/mol. The normalized spacial score (nSPS) is 12.3. The van der Waals surface area contributed by atoms with Crippen LogP contribution in [0.1, 0.15) is 17.2 Å². The molecule has 1 unspecified atom stereocenters. The maximum absolute atomic E-state index is 11.5. The highest BCUT2D eigenvalue weighted by Gasteiger charge is 2.16. The Hall–Kier alpha value is -1.17. The van der Waals surface area contributed by atoms with Crippen molar-refractivity contribution in [3.05, 3.63) is 56.7 Å². The number of thiophene rings is 1. The number of nitrogens with one attached hydrogen (secondary N) is 1. The van der Waals surface area contributed by atoms with Gasteiger partial charge < -0.3 is 5.73 Å². The van der Waals surface area contributed by atoms with E-state index in [2.05, 4.69) is 21.2 Å². The molecule has 5 heteroatoms. The van der Waals surface area contributed by atoms with Crippen LogP contribution in [0, 0.1) is 0 Å². The van der Waals surface area contributed by atoms with Crippen LogP contribution in [0.2, 0.25) is 0 Å². The van der Waals surface area contributed by atoms with Gasteiger partial charge in [0.2, 0.25) is 5.91 Å². The number of carbonyl (C=O) groups excluding carboxylic acids is 1. The third-order valence-electron chi connectivity index (χ3n) is 2.55. The topological polar surface area (TPSA) is 55.1 Å². The molecule has 1 atom stereocenters. The summed E-state index contributed by atoms with van der Waals surface area (Å²) in [5.41, 5.74) is 7.45. The summed E-state index contributed by atoms with van der Waals surface area (Å²) in [6, 6.07) is 11.1. The maximum Gasteiger partial charge on any atom is 0.239 e. The summed E-state index contributed by atoms with van der Waals surface area (Å²) >= 11 is 5.03. The Balaban J connectivity index is 2.06. The number of hydrogen-bond acceptors (Lipinski definition) is 3. The van der Waals surface area contributed by atoms with Crippen molar-refractivity contribution < 1.29 is 4.79 Å². The van der Waals surface area contributed by atoms with E-state index >= 15 is 0 Å². The van der Waals surface area contributed by atoms with Gasteiger partial charge in [0.1, 0.15) is 6.04 Å². The largest absolute Gasteiger partial charge is 0.368 e. The highest BCUT2D eigenvalue weighted by Crippen LogP contribution is 2.21. The van der Waals surface area contributed by atoms with Crippen LogP contribution in [0.4, 0.5) is 0 Å². The van der Waals surface area contributed by atoms with E-state index in [-0.39, 0.29) is 5.91 Å². The molecule has 18 heavy (non-hydrogen) atoms. The van der Waals surface area contributed by atoms with Crippen molar-refractivity contribution in [1.82, 2.24) is 5.32 Å². The van der Waals surface area contributed by atoms with Crippen molar-refractivity contribution in [3.8, 4) is 0 Å². The van der Waals surface area contributed by atoms with E-state index in [1.54, 1.807) is 11.3 Å². The fourth-order valence-electron chi connectivity index (χ4n) is 1.69. The molecule has 1 aromatic carbocycles. The van der Waals surface area contributed by atoms with Crippen molar-refractivity contribution in [3.63, 3.8) is 0 Å². The van der Waals surface area contributed by atoms with Crippen molar-refractivity contribution in [2.45, 2.75) is 12.6 Å². The number of nitrogens with two attached hydrogens (primary N) is 1. The summed E-state index contributed by atoms with van der Waals surface area (Å²) < 4.78 is 1.08. The standard InChI is InChI=1S/C13H13BrN2OS/c14-11-6-9(8-18-11)7-16-12(13(15)17)10-4-2-1-3-5-10/h1-6,8,12,16H,7H2,(H2,15,17). The Bertz CT molecular complexity index is 527. The van der Waals surface area contributed by atoms with Crippen molar-refractivity contribution in [2.24, 2.45) is 5.73 Å². The maximum atomic E-state index is 11.5. The van der Waals surface area contributed by atoms with Crippen LogP contribution in [0.5, 0.6) is 0 Å². The number of benzene rings is 1. The van der Waals surface area contributed by atoms with Crippen LogP contribution in [-0.4, -0.2) is 5.91 Å². The second-order valence-electron chi connectivity index (χ2n) is 3.89. The van der Waals surface area contributed by atoms with Gasteiger partial charge in [-0.15, -0.1) is 11.3 Å². The van der Waals surface area contributed by atoms with Crippen LogP contribution < -0.4 is 11.1 Å². The lowest BCUT2D eigenvalue weighted by molar-refractivity contribution is -0.120. The Morgan fingerprint density at radius 1 is 1.39 bits per heavy atom. The quantitative estimate of drug-likeness (QED) is 0.888. The first kappa shape index (κ1) is 13.3. The van der Waals surface area contributed by atoms with Crippen LogP contribution in [0.25, 0.3) is 0 Å². The number of amides is 1. The molecule has 1 aromatic heterocycles. The molecule has 3 nitrogen and oxygen atoms in total. The van der Waals surface area contributed by atoms with Gasteiger partial charge in [-0.3, -0.25) is 10.1 Å². The number of carbonyl (C=O) groups is 1. The lowest BCUT2D eigenvalue weighted by Crippen LogP contribution is -2.33. The Labute approximate surface area is 118 Å². The van der Waals surface area contributed by atoms with Crippen LogP contribution in [0.3, 0.4) is 0 Å². The van der Waals surface area contributed by atoms with Gasteiger partial charge in [0, 0.05) is 6.54 Å². The summed E-state index contributed by atoms with van der Waals surface area (Å²) in [7, 11) is 0. The van der Waals surface area contributed by atoms with Crippen molar-refractivity contribution >= 4 is 33.2 Å². The molecule has 0 saturated heterocycles. The molecule has 0 aliphatic heterocycles. The lowest BCUT2D eigenvalue weighted by Gasteiger charge is -2.15. The first-order chi connectivity index (χ1) is 8.66. The zero-order chi connectivity index (χ0) is 13.0. The summed E-state index contributed by atoms with van der Waals surface area (Å²) in [6.07, 6.45) is 0. The molecule has 0 aliphatic carbocycles. The average molecular weight is 325 g/mol. The summed E-state index contributed by atoms with van der Waals surface area (Å²) in [5.74, 6) is -0.365. The highest BCUT2D eigenvalue weighted by molar-refractivity contribution is 9.11. The van der Waals surface area contributed by atoms with Gasteiger partial charge in [0.15, 0.2) is 0 Å². The molecule has 0 saturated carbocycles. The molecule has 2 aromatic rings. The molecular weight excluding hydrogens is 312 g/mol. The minimum absolute atomic E-state index is 0.365. The Kier molecular flexibility index (Phi) is 4.52. The van der Waals surface area contributed by atoms with Crippen LogP contribution >= 0.6 is 27.3 Å². The van der Waals surface area contributed by atoms with E-state index in [0.29, 0.717) is 6.54 Å². The fraction of sp³-hybridized carbons (Fsp3) is 0.154. The molecule has 2 rings (SSSR count). The molecule has 0 bridgehead atoms. The number of hydrogen-bond donors (Lipinski definition) is 2. The molecular formula is C13H13BrN2OS. The molecule has 0 spiro atoms.